The van der Waals surface area contributed by atoms with Crippen molar-refractivity contribution < 1.29 is 13.4 Å². The van der Waals surface area contributed by atoms with Crippen molar-refractivity contribution in [1.29, 1.82) is 5.26 Å². The third kappa shape index (κ3) is 4.44. The molecule has 0 aliphatic rings. The minimum absolute atomic E-state index is 0.00869. The molecule has 1 aromatic heterocycles. The molecule has 0 aliphatic heterocycles. The fourth-order valence-corrected chi connectivity index (χ4v) is 3.10. The molecule has 136 valence electrons. The van der Waals surface area contributed by atoms with Crippen LogP contribution in [0.1, 0.15) is 11.1 Å². The smallest absolute Gasteiger partial charge is 0.228 e. The number of aromatic nitrogens is 2. The van der Waals surface area contributed by atoms with Gasteiger partial charge in [-0.25, -0.2) is 18.4 Å². The van der Waals surface area contributed by atoms with Gasteiger partial charge in [-0.1, -0.05) is 12.1 Å². The molecule has 0 aliphatic carbocycles. The molecule has 0 saturated carbocycles. The second-order valence-electron chi connectivity index (χ2n) is 5.62. The summed E-state index contributed by atoms with van der Waals surface area (Å²) in [6.07, 6.45) is 2.84. The number of nitrogens with zero attached hydrogens (tertiary/aromatic N) is 3. The Morgan fingerprint density at radius 2 is 2.15 bits per heavy atom. The molecule has 0 saturated heterocycles. The lowest BCUT2D eigenvalue weighted by atomic mass is 10.1. The van der Waals surface area contributed by atoms with E-state index < -0.39 is 16.8 Å². The van der Waals surface area contributed by atoms with Gasteiger partial charge >= 0.3 is 0 Å². The van der Waals surface area contributed by atoms with Crippen LogP contribution in [0.25, 0.3) is 5.69 Å². The van der Waals surface area contributed by atoms with Gasteiger partial charge < -0.3 is 5.32 Å². The van der Waals surface area contributed by atoms with E-state index in [0.717, 1.165) is 0 Å². The van der Waals surface area contributed by atoms with E-state index >= 15 is 0 Å². The highest BCUT2D eigenvalue weighted by Gasteiger charge is 2.13. The third-order valence-corrected chi connectivity index (χ3v) is 4.43. The van der Waals surface area contributed by atoms with Crippen LogP contribution in [0.4, 0.5) is 10.1 Å². The number of amides is 1. The Balaban J connectivity index is 1.82. The van der Waals surface area contributed by atoms with Gasteiger partial charge in [-0.15, -0.1) is 0 Å². The van der Waals surface area contributed by atoms with Gasteiger partial charge in [0.05, 0.1) is 28.8 Å². The summed E-state index contributed by atoms with van der Waals surface area (Å²) in [5.74, 6) is -0.769. The number of carbonyl (C=O) groups is 1. The maximum absolute atomic E-state index is 13.2. The lowest BCUT2D eigenvalue weighted by Crippen LogP contribution is -2.16. The second-order valence-corrected chi connectivity index (χ2v) is 6.65. The van der Waals surface area contributed by atoms with Gasteiger partial charge in [0.1, 0.15) is 22.9 Å². The monoisotopic (exact) mass is 383 g/mol. The number of halogens is 1. The summed E-state index contributed by atoms with van der Waals surface area (Å²) in [5.41, 5.74) is 1.70. The summed E-state index contributed by atoms with van der Waals surface area (Å²) in [6, 6.07) is 12.4. The lowest BCUT2D eigenvalue weighted by Gasteiger charge is -2.11. The fraction of sp³-hybridized carbons (Fsp3) is 0.0556. The van der Waals surface area contributed by atoms with E-state index in [0.29, 0.717) is 22.5 Å². The quantitative estimate of drug-likeness (QED) is 0.702. The Bertz CT molecular complexity index is 1070. The predicted octanol–water partition coefficient (Wildman–Crippen LogP) is 2.05. The highest BCUT2D eigenvalue weighted by atomic mass is 32.2. The first-order chi connectivity index (χ1) is 13.0. The Labute approximate surface area is 156 Å². The number of nitriles is 1. The molecule has 2 aromatic carbocycles. The molecule has 3 rings (SSSR count). The summed E-state index contributed by atoms with van der Waals surface area (Å²) >= 11 is 0. The molecule has 1 amide bonds. The third-order valence-electron chi connectivity index (χ3n) is 3.67. The molecule has 1 unspecified atom stereocenters. The van der Waals surface area contributed by atoms with Crippen molar-refractivity contribution in [2.24, 2.45) is 5.14 Å². The van der Waals surface area contributed by atoms with Gasteiger partial charge in [-0.3, -0.25) is 4.79 Å². The van der Waals surface area contributed by atoms with E-state index in [1.165, 1.54) is 41.3 Å². The molecule has 27 heavy (non-hydrogen) atoms. The molecule has 9 heteroatoms. The molecule has 0 spiro atoms. The molecule has 3 aromatic rings. The van der Waals surface area contributed by atoms with Crippen molar-refractivity contribution in [2.75, 3.05) is 5.32 Å². The number of rotatable bonds is 5. The molecular weight excluding hydrogens is 369 g/mol. The summed E-state index contributed by atoms with van der Waals surface area (Å²) < 4.78 is 26.5. The first-order valence-corrected chi connectivity index (χ1v) is 8.97. The molecule has 1 atom stereocenters. The normalized spacial score (nSPS) is 11.6. The summed E-state index contributed by atoms with van der Waals surface area (Å²) in [5, 5.41) is 21.1. The topological polar surface area (TPSA) is 114 Å². The average Bonchev–Trinajstić information content (AvgIpc) is 3.10. The Hall–Kier alpha value is -3.35. The van der Waals surface area contributed by atoms with Crippen LogP contribution >= 0.6 is 0 Å². The minimum Gasteiger partial charge on any atom is -0.326 e. The van der Waals surface area contributed by atoms with E-state index in [4.69, 9.17) is 10.4 Å². The first kappa shape index (κ1) is 18.4. The highest BCUT2D eigenvalue weighted by molar-refractivity contribution is 7.82. The Kier molecular flexibility index (Phi) is 5.40. The molecule has 0 fully saturated rings. The van der Waals surface area contributed by atoms with Gasteiger partial charge in [0.2, 0.25) is 5.91 Å². The number of anilines is 1. The Morgan fingerprint density at radius 1 is 1.33 bits per heavy atom. The SMILES string of the molecule is N#Cc1cnn(-c2ccc(NC(=O)Cc3cccc(F)c3)cc2S(N)=O)c1. The van der Waals surface area contributed by atoms with Crippen molar-refractivity contribution in [3.63, 3.8) is 0 Å². The maximum atomic E-state index is 13.2. The molecule has 0 bridgehead atoms. The Morgan fingerprint density at radius 3 is 2.81 bits per heavy atom. The summed E-state index contributed by atoms with van der Waals surface area (Å²) in [4.78, 5) is 12.4. The lowest BCUT2D eigenvalue weighted by molar-refractivity contribution is -0.115. The predicted molar refractivity (Wildman–Crippen MR) is 97.6 cm³/mol. The standard InChI is InChI=1S/C18H14FN5O2S/c19-14-3-1-2-12(6-14)7-18(25)23-15-4-5-16(17(8-15)27(21)26)24-11-13(9-20)10-22-24/h1-6,8,10-11H,7,21H2,(H,23,25). The molecule has 1 heterocycles. The van der Waals surface area contributed by atoms with Gasteiger partial charge in [0.15, 0.2) is 0 Å². The minimum atomic E-state index is -1.84. The van der Waals surface area contributed by atoms with E-state index in [9.17, 15) is 13.4 Å². The molecule has 3 N–H and O–H groups in total. The zero-order valence-corrected chi connectivity index (χ0v) is 14.7. The molecule has 0 radical (unpaired) electrons. The van der Waals surface area contributed by atoms with Gasteiger partial charge in [-0.05, 0) is 35.9 Å². The van der Waals surface area contributed by atoms with E-state index in [2.05, 4.69) is 10.4 Å². The summed E-state index contributed by atoms with van der Waals surface area (Å²) in [6.45, 7) is 0. The van der Waals surface area contributed by atoms with Crippen LogP contribution in [0.15, 0.2) is 59.8 Å². The van der Waals surface area contributed by atoms with Gasteiger partial charge in [0.25, 0.3) is 0 Å². The maximum Gasteiger partial charge on any atom is 0.228 e. The van der Waals surface area contributed by atoms with Crippen molar-refractivity contribution in [3.05, 3.63) is 71.8 Å². The number of benzene rings is 2. The van der Waals surface area contributed by atoms with Crippen LogP contribution < -0.4 is 10.5 Å². The zero-order chi connectivity index (χ0) is 19.4. The average molecular weight is 383 g/mol. The van der Waals surface area contributed by atoms with Crippen molar-refractivity contribution in [2.45, 2.75) is 11.3 Å². The number of nitrogens with one attached hydrogen (secondary N) is 1. The number of hydrogen-bond acceptors (Lipinski definition) is 4. The van der Waals surface area contributed by atoms with E-state index in [1.54, 1.807) is 18.2 Å². The van der Waals surface area contributed by atoms with Gasteiger partial charge in [-0.2, -0.15) is 10.4 Å². The summed E-state index contributed by atoms with van der Waals surface area (Å²) in [7, 11) is -1.84. The zero-order valence-electron chi connectivity index (χ0n) is 13.9. The number of carbonyl (C=O) groups excluding carboxylic acids is 1. The number of hydrogen-bond donors (Lipinski definition) is 2. The van der Waals surface area contributed by atoms with Crippen LogP contribution in [0.2, 0.25) is 0 Å². The van der Waals surface area contributed by atoms with Crippen LogP contribution in [0, 0.1) is 17.1 Å². The van der Waals surface area contributed by atoms with Crippen LogP contribution in [0.3, 0.4) is 0 Å². The molecular formula is C18H14FN5O2S. The van der Waals surface area contributed by atoms with E-state index in [1.807, 2.05) is 6.07 Å². The molecule has 7 nitrogen and oxygen atoms in total. The van der Waals surface area contributed by atoms with Gasteiger partial charge in [0, 0.05) is 11.9 Å². The van der Waals surface area contributed by atoms with Crippen LogP contribution in [0.5, 0.6) is 0 Å². The fourth-order valence-electron chi connectivity index (χ4n) is 2.49. The van der Waals surface area contributed by atoms with Crippen molar-refractivity contribution in [3.8, 4) is 11.8 Å². The van der Waals surface area contributed by atoms with Crippen molar-refractivity contribution >= 4 is 22.6 Å². The van der Waals surface area contributed by atoms with Crippen LogP contribution in [-0.4, -0.2) is 19.9 Å². The highest BCUT2D eigenvalue weighted by Crippen LogP contribution is 2.22. The van der Waals surface area contributed by atoms with Crippen molar-refractivity contribution in [1.82, 2.24) is 9.78 Å². The largest absolute Gasteiger partial charge is 0.326 e. The second kappa shape index (κ2) is 7.90. The first-order valence-electron chi connectivity index (χ1n) is 7.76. The van der Waals surface area contributed by atoms with E-state index in [-0.39, 0.29) is 17.2 Å². The number of nitrogens with two attached hydrogens (primary N) is 1. The van der Waals surface area contributed by atoms with Crippen LogP contribution in [-0.2, 0) is 22.2 Å².